The number of carboxylic acids is 1. The number of aromatic nitrogens is 1. The van der Waals surface area contributed by atoms with Crippen LogP contribution in [0.3, 0.4) is 0 Å². The molecule has 0 aliphatic carbocycles. The Labute approximate surface area is 140 Å². The monoisotopic (exact) mass is 324 g/mol. The van der Waals surface area contributed by atoms with E-state index in [9.17, 15) is 9.59 Å². The van der Waals surface area contributed by atoms with E-state index in [0.717, 1.165) is 12.8 Å². The highest BCUT2D eigenvalue weighted by molar-refractivity contribution is 5.97. The van der Waals surface area contributed by atoms with E-state index in [2.05, 4.69) is 31.0 Å². The van der Waals surface area contributed by atoms with E-state index >= 15 is 0 Å². The number of carbonyl (C=O) groups is 2. The van der Waals surface area contributed by atoms with Crippen LogP contribution >= 0.6 is 0 Å². The first-order valence-corrected chi connectivity index (χ1v) is 8.05. The number of rotatable bonds is 3. The van der Waals surface area contributed by atoms with E-state index in [1.807, 2.05) is 11.0 Å². The number of pyridine rings is 1. The largest absolute Gasteiger partial charge is 0.477 e. The molecule has 2 aromatic rings. The Balaban J connectivity index is 1.93. The van der Waals surface area contributed by atoms with Crippen LogP contribution in [0.1, 0.15) is 56.4 Å². The predicted molar refractivity (Wildman–Crippen MR) is 90.1 cm³/mol. The Morgan fingerprint density at radius 2 is 2.04 bits per heavy atom. The second-order valence-corrected chi connectivity index (χ2v) is 6.18. The minimum absolute atomic E-state index is 0.0406. The lowest BCUT2D eigenvalue weighted by Crippen LogP contribution is -2.31. The topological polar surface area (TPSA) is 70.5 Å². The molecule has 1 amide bonds. The van der Waals surface area contributed by atoms with Crippen LogP contribution in [-0.2, 0) is 0 Å². The SMILES string of the molecule is Cc1cccc(C2CCCN2C(=O)c2ccnc(C(=O)O)c2)c1C. The summed E-state index contributed by atoms with van der Waals surface area (Å²) in [7, 11) is 0. The number of likely N-dealkylation sites (tertiary alicyclic amines) is 1. The van der Waals surface area contributed by atoms with Gasteiger partial charge in [-0.2, -0.15) is 0 Å². The fourth-order valence-electron chi connectivity index (χ4n) is 3.31. The fraction of sp³-hybridized carbons (Fsp3) is 0.316. The van der Waals surface area contributed by atoms with Crippen LogP contribution in [0.4, 0.5) is 0 Å². The maximum atomic E-state index is 12.9. The van der Waals surface area contributed by atoms with Crippen LogP contribution in [0.5, 0.6) is 0 Å². The van der Waals surface area contributed by atoms with Gasteiger partial charge in [-0.15, -0.1) is 0 Å². The molecule has 0 saturated carbocycles. The summed E-state index contributed by atoms with van der Waals surface area (Å²) in [4.78, 5) is 29.6. The van der Waals surface area contributed by atoms with Crippen molar-refractivity contribution in [3.63, 3.8) is 0 Å². The molecular weight excluding hydrogens is 304 g/mol. The van der Waals surface area contributed by atoms with Gasteiger partial charge in [0.25, 0.3) is 5.91 Å². The van der Waals surface area contributed by atoms with Crippen LogP contribution in [-0.4, -0.2) is 33.4 Å². The summed E-state index contributed by atoms with van der Waals surface area (Å²) >= 11 is 0. The van der Waals surface area contributed by atoms with Crippen molar-refractivity contribution >= 4 is 11.9 Å². The molecule has 1 fully saturated rings. The molecule has 3 rings (SSSR count). The Kier molecular flexibility index (Phi) is 4.34. The summed E-state index contributed by atoms with van der Waals surface area (Å²) in [5.74, 6) is -1.26. The zero-order valence-corrected chi connectivity index (χ0v) is 13.8. The number of benzene rings is 1. The lowest BCUT2D eigenvalue weighted by Gasteiger charge is -2.27. The first-order valence-electron chi connectivity index (χ1n) is 8.05. The van der Waals surface area contributed by atoms with E-state index in [1.165, 1.54) is 29.0 Å². The van der Waals surface area contributed by atoms with Crippen molar-refractivity contribution in [3.05, 3.63) is 64.5 Å². The molecule has 1 N–H and O–H groups in total. The summed E-state index contributed by atoms with van der Waals surface area (Å²) in [6.45, 7) is 4.84. The third kappa shape index (κ3) is 2.89. The zero-order chi connectivity index (χ0) is 17.3. The average Bonchev–Trinajstić information content (AvgIpc) is 3.06. The highest BCUT2D eigenvalue weighted by atomic mass is 16.4. The predicted octanol–water partition coefficient (Wildman–Crippen LogP) is 3.37. The van der Waals surface area contributed by atoms with Gasteiger partial charge in [-0.25, -0.2) is 9.78 Å². The van der Waals surface area contributed by atoms with E-state index < -0.39 is 5.97 Å². The molecule has 0 bridgehead atoms. The van der Waals surface area contributed by atoms with Gasteiger partial charge in [0, 0.05) is 18.3 Å². The molecule has 0 spiro atoms. The molecule has 1 aliphatic heterocycles. The fourth-order valence-corrected chi connectivity index (χ4v) is 3.31. The standard InChI is InChI=1S/C19H20N2O3/c1-12-5-3-6-15(13(12)2)17-7-4-10-21(17)18(22)14-8-9-20-16(11-14)19(23)24/h3,5-6,8-9,11,17H,4,7,10H2,1-2H3,(H,23,24). The number of hydrogen-bond acceptors (Lipinski definition) is 3. The van der Waals surface area contributed by atoms with Gasteiger partial charge in [0.15, 0.2) is 0 Å². The third-order valence-corrected chi connectivity index (χ3v) is 4.75. The van der Waals surface area contributed by atoms with Gasteiger partial charge < -0.3 is 10.0 Å². The molecule has 1 saturated heterocycles. The number of aromatic carboxylic acids is 1. The van der Waals surface area contributed by atoms with Crippen molar-refractivity contribution in [2.75, 3.05) is 6.54 Å². The average molecular weight is 324 g/mol. The molecule has 1 unspecified atom stereocenters. The lowest BCUT2D eigenvalue weighted by molar-refractivity contribution is 0.0690. The molecule has 0 radical (unpaired) electrons. The smallest absolute Gasteiger partial charge is 0.354 e. The molecule has 1 aromatic carbocycles. The number of hydrogen-bond donors (Lipinski definition) is 1. The molecule has 1 aliphatic rings. The first kappa shape index (κ1) is 16.2. The molecule has 2 heterocycles. The Morgan fingerprint density at radius 1 is 1.25 bits per heavy atom. The summed E-state index contributed by atoms with van der Waals surface area (Å²) in [6.07, 6.45) is 3.24. The van der Waals surface area contributed by atoms with Crippen molar-refractivity contribution in [1.82, 2.24) is 9.88 Å². The summed E-state index contributed by atoms with van der Waals surface area (Å²) in [6, 6.07) is 9.14. The first-order chi connectivity index (χ1) is 11.5. The second kappa shape index (κ2) is 6.43. The summed E-state index contributed by atoms with van der Waals surface area (Å²) in [5.41, 5.74) is 3.86. The lowest BCUT2D eigenvalue weighted by atomic mass is 9.95. The van der Waals surface area contributed by atoms with Crippen LogP contribution in [0.25, 0.3) is 0 Å². The molecule has 24 heavy (non-hydrogen) atoms. The minimum atomic E-state index is -1.13. The Hall–Kier alpha value is -2.69. The van der Waals surface area contributed by atoms with Crippen molar-refractivity contribution in [1.29, 1.82) is 0 Å². The van der Waals surface area contributed by atoms with Gasteiger partial charge in [0.1, 0.15) is 5.69 Å². The molecule has 124 valence electrons. The third-order valence-electron chi connectivity index (χ3n) is 4.75. The molecule has 5 nitrogen and oxygen atoms in total. The van der Waals surface area contributed by atoms with Crippen molar-refractivity contribution < 1.29 is 14.7 Å². The van der Waals surface area contributed by atoms with E-state index in [0.29, 0.717) is 12.1 Å². The van der Waals surface area contributed by atoms with Gasteiger partial charge in [0.2, 0.25) is 0 Å². The molecule has 1 aromatic heterocycles. The highest BCUT2D eigenvalue weighted by Crippen LogP contribution is 2.35. The Bertz CT molecular complexity index is 801. The van der Waals surface area contributed by atoms with Gasteiger partial charge in [-0.05, 0) is 55.5 Å². The number of nitrogens with zero attached hydrogens (tertiary/aromatic N) is 2. The highest BCUT2D eigenvalue weighted by Gasteiger charge is 2.31. The maximum Gasteiger partial charge on any atom is 0.354 e. The van der Waals surface area contributed by atoms with E-state index in [1.54, 1.807) is 6.07 Å². The Morgan fingerprint density at radius 3 is 2.79 bits per heavy atom. The molecule has 1 atom stereocenters. The normalized spacial score (nSPS) is 17.1. The van der Waals surface area contributed by atoms with Crippen molar-refractivity contribution in [2.45, 2.75) is 32.7 Å². The van der Waals surface area contributed by atoms with Crippen LogP contribution in [0.2, 0.25) is 0 Å². The van der Waals surface area contributed by atoms with Crippen LogP contribution in [0, 0.1) is 13.8 Å². The summed E-state index contributed by atoms with van der Waals surface area (Å²) < 4.78 is 0. The zero-order valence-electron chi connectivity index (χ0n) is 13.8. The number of aryl methyl sites for hydroxylation is 1. The van der Waals surface area contributed by atoms with Crippen LogP contribution in [0.15, 0.2) is 36.5 Å². The second-order valence-electron chi connectivity index (χ2n) is 6.18. The van der Waals surface area contributed by atoms with Crippen LogP contribution < -0.4 is 0 Å². The minimum Gasteiger partial charge on any atom is -0.477 e. The van der Waals surface area contributed by atoms with Gasteiger partial charge in [-0.3, -0.25) is 4.79 Å². The number of carbonyl (C=O) groups excluding carboxylic acids is 1. The van der Waals surface area contributed by atoms with Gasteiger partial charge in [0.05, 0.1) is 6.04 Å². The summed E-state index contributed by atoms with van der Waals surface area (Å²) in [5, 5.41) is 9.07. The number of amides is 1. The maximum absolute atomic E-state index is 12.9. The quantitative estimate of drug-likeness (QED) is 0.939. The van der Waals surface area contributed by atoms with Gasteiger partial charge >= 0.3 is 5.97 Å². The van der Waals surface area contributed by atoms with Crippen molar-refractivity contribution in [3.8, 4) is 0 Å². The molecular formula is C19H20N2O3. The van der Waals surface area contributed by atoms with Crippen molar-refractivity contribution in [2.24, 2.45) is 0 Å². The van der Waals surface area contributed by atoms with E-state index in [-0.39, 0.29) is 17.6 Å². The van der Waals surface area contributed by atoms with E-state index in [4.69, 9.17) is 5.11 Å². The number of carboxylic acid groups (broad SMARTS) is 1. The van der Waals surface area contributed by atoms with Gasteiger partial charge in [-0.1, -0.05) is 18.2 Å². The molecule has 5 heteroatoms.